The summed E-state index contributed by atoms with van der Waals surface area (Å²) in [6.07, 6.45) is 0. The Hall–Kier alpha value is -0.900. The van der Waals surface area contributed by atoms with Crippen molar-refractivity contribution in [1.29, 1.82) is 0 Å². The largest absolute Gasteiger partial charge is 0.306 e. The van der Waals surface area contributed by atoms with Gasteiger partial charge >= 0.3 is 0 Å². The van der Waals surface area contributed by atoms with Crippen molar-refractivity contribution in [2.24, 2.45) is 0 Å². The van der Waals surface area contributed by atoms with Crippen molar-refractivity contribution in [3.8, 4) is 0 Å². The summed E-state index contributed by atoms with van der Waals surface area (Å²) >= 11 is 9.41. The minimum Gasteiger partial charge on any atom is -0.306 e. The lowest BCUT2D eigenvalue weighted by Gasteiger charge is -2.22. The van der Waals surface area contributed by atoms with E-state index in [2.05, 4.69) is 39.4 Å². The third kappa shape index (κ3) is 3.65. The van der Waals surface area contributed by atoms with Gasteiger partial charge in [0.05, 0.1) is 11.1 Å². The molecule has 2 aromatic carbocycles. The summed E-state index contributed by atoms with van der Waals surface area (Å²) < 4.78 is 15.0. The van der Waals surface area contributed by atoms with Gasteiger partial charge in [0, 0.05) is 10.0 Å². The Balaban J connectivity index is 2.58. The van der Waals surface area contributed by atoms with Crippen LogP contribution >= 0.6 is 27.5 Å². The van der Waals surface area contributed by atoms with Crippen LogP contribution in [0, 0.1) is 19.7 Å². The van der Waals surface area contributed by atoms with Crippen LogP contribution < -0.4 is 5.32 Å². The lowest BCUT2D eigenvalue weighted by Crippen LogP contribution is -2.24. The average Bonchev–Trinajstić information content (AvgIpc) is 2.43. The smallest absolute Gasteiger partial charge is 0.129 e. The fraction of sp³-hybridized carbons (Fsp3) is 0.294. The van der Waals surface area contributed by atoms with E-state index in [0.717, 1.165) is 23.2 Å². The molecule has 0 fully saturated rings. The van der Waals surface area contributed by atoms with Crippen LogP contribution in [0.25, 0.3) is 0 Å². The third-order valence-electron chi connectivity index (χ3n) is 3.50. The minimum absolute atomic E-state index is 0.208. The fourth-order valence-corrected chi connectivity index (χ4v) is 2.91. The van der Waals surface area contributed by atoms with Crippen molar-refractivity contribution >= 4 is 27.5 Å². The maximum Gasteiger partial charge on any atom is 0.129 e. The molecule has 0 aliphatic rings. The first kappa shape index (κ1) is 16.5. The van der Waals surface area contributed by atoms with Gasteiger partial charge < -0.3 is 5.32 Å². The van der Waals surface area contributed by atoms with Crippen molar-refractivity contribution in [3.63, 3.8) is 0 Å². The predicted octanol–water partition coefficient (Wildman–Crippen LogP) is 5.56. The van der Waals surface area contributed by atoms with E-state index in [-0.39, 0.29) is 11.9 Å². The molecule has 0 radical (unpaired) electrons. The van der Waals surface area contributed by atoms with Gasteiger partial charge in [0.1, 0.15) is 5.82 Å². The van der Waals surface area contributed by atoms with Gasteiger partial charge in [-0.3, -0.25) is 0 Å². The SMILES string of the molecule is CCNC(c1cc(C)ccc1C)c1cc(Cl)c(Br)cc1F. The molecule has 0 aliphatic heterocycles. The first-order chi connectivity index (χ1) is 9.93. The van der Waals surface area contributed by atoms with Gasteiger partial charge in [0.2, 0.25) is 0 Å². The van der Waals surface area contributed by atoms with E-state index in [1.165, 1.54) is 6.07 Å². The highest BCUT2D eigenvalue weighted by Gasteiger charge is 2.20. The number of benzene rings is 2. The van der Waals surface area contributed by atoms with E-state index in [0.29, 0.717) is 15.1 Å². The van der Waals surface area contributed by atoms with Crippen LogP contribution in [0.1, 0.15) is 35.2 Å². The molecule has 0 aromatic heterocycles. The second-order valence-electron chi connectivity index (χ2n) is 5.14. The standard InChI is InChI=1S/C17H18BrClFN/c1-4-21-17(12-7-10(2)5-6-11(12)3)13-8-15(19)14(18)9-16(13)20/h5-9,17,21H,4H2,1-3H3. The molecule has 1 N–H and O–H groups in total. The van der Waals surface area contributed by atoms with Gasteiger partial charge in [-0.15, -0.1) is 0 Å². The summed E-state index contributed by atoms with van der Waals surface area (Å²) in [5.74, 6) is -0.266. The summed E-state index contributed by atoms with van der Waals surface area (Å²) in [6.45, 7) is 6.83. The van der Waals surface area contributed by atoms with Gasteiger partial charge in [-0.1, -0.05) is 42.3 Å². The van der Waals surface area contributed by atoms with E-state index >= 15 is 0 Å². The van der Waals surface area contributed by atoms with Crippen LogP contribution in [0.4, 0.5) is 4.39 Å². The van der Waals surface area contributed by atoms with Crippen LogP contribution in [0.2, 0.25) is 5.02 Å². The molecule has 21 heavy (non-hydrogen) atoms. The number of hydrogen-bond acceptors (Lipinski definition) is 1. The molecule has 0 heterocycles. The second kappa shape index (κ2) is 6.91. The van der Waals surface area contributed by atoms with Gasteiger partial charge in [-0.2, -0.15) is 0 Å². The highest BCUT2D eigenvalue weighted by molar-refractivity contribution is 9.10. The Morgan fingerprint density at radius 3 is 2.57 bits per heavy atom. The van der Waals surface area contributed by atoms with Gasteiger partial charge in [-0.05, 0) is 59.6 Å². The van der Waals surface area contributed by atoms with Crippen LogP contribution in [0.3, 0.4) is 0 Å². The Morgan fingerprint density at radius 1 is 1.19 bits per heavy atom. The monoisotopic (exact) mass is 369 g/mol. The van der Waals surface area contributed by atoms with Crippen molar-refractivity contribution in [3.05, 3.63) is 67.9 Å². The molecule has 2 aromatic rings. The molecule has 1 atom stereocenters. The lowest BCUT2D eigenvalue weighted by molar-refractivity contribution is 0.557. The Kier molecular flexibility index (Phi) is 5.42. The van der Waals surface area contributed by atoms with E-state index in [1.807, 2.05) is 20.8 Å². The molecular weight excluding hydrogens is 353 g/mol. The van der Waals surface area contributed by atoms with Crippen molar-refractivity contribution in [1.82, 2.24) is 5.32 Å². The number of rotatable bonds is 4. The molecule has 1 nitrogen and oxygen atoms in total. The highest BCUT2D eigenvalue weighted by Crippen LogP contribution is 2.33. The molecule has 0 saturated heterocycles. The average molecular weight is 371 g/mol. The number of nitrogens with one attached hydrogen (secondary N) is 1. The number of halogens is 3. The van der Waals surface area contributed by atoms with Gasteiger partial charge in [0.15, 0.2) is 0 Å². The summed E-state index contributed by atoms with van der Waals surface area (Å²) in [6, 6.07) is 9.13. The van der Waals surface area contributed by atoms with E-state index in [9.17, 15) is 4.39 Å². The topological polar surface area (TPSA) is 12.0 Å². The molecule has 1 unspecified atom stereocenters. The van der Waals surface area contributed by atoms with Gasteiger partial charge in [0.25, 0.3) is 0 Å². The maximum absolute atomic E-state index is 14.4. The van der Waals surface area contributed by atoms with Crippen molar-refractivity contribution in [2.45, 2.75) is 26.8 Å². The molecule has 0 spiro atoms. The number of hydrogen-bond donors (Lipinski definition) is 1. The van der Waals surface area contributed by atoms with Crippen LogP contribution in [0.15, 0.2) is 34.8 Å². The predicted molar refractivity (Wildman–Crippen MR) is 90.5 cm³/mol. The molecule has 0 aliphatic carbocycles. The zero-order chi connectivity index (χ0) is 15.6. The summed E-state index contributed by atoms with van der Waals surface area (Å²) in [7, 11) is 0. The molecule has 0 amide bonds. The Bertz CT molecular complexity index is 657. The summed E-state index contributed by atoms with van der Waals surface area (Å²) in [5.41, 5.74) is 3.93. The second-order valence-corrected chi connectivity index (χ2v) is 6.40. The third-order valence-corrected chi connectivity index (χ3v) is 4.70. The first-order valence-corrected chi connectivity index (χ1v) is 8.06. The van der Waals surface area contributed by atoms with Crippen LogP contribution in [0.5, 0.6) is 0 Å². The zero-order valence-corrected chi connectivity index (χ0v) is 14.6. The molecule has 0 bridgehead atoms. The molecule has 4 heteroatoms. The van der Waals surface area contributed by atoms with E-state index < -0.39 is 0 Å². The van der Waals surface area contributed by atoms with E-state index in [4.69, 9.17) is 11.6 Å². The van der Waals surface area contributed by atoms with Crippen LogP contribution in [-0.4, -0.2) is 6.54 Å². The Labute approximate surface area is 138 Å². The summed E-state index contributed by atoms with van der Waals surface area (Å²) in [4.78, 5) is 0. The highest BCUT2D eigenvalue weighted by atomic mass is 79.9. The molecule has 112 valence electrons. The number of aryl methyl sites for hydroxylation is 2. The normalized spacial score (nSPS) is 12.5. The fourth-order valence-electron chi connectivity index (χ4n) is 2.42. The zero-order valence-electron chi connectivity index (χ0n) is 12.3. The molecule has 2 rings (SSSR count). The van der Waals surface area contributed by atoms with E-state index in [1.54, 1.807) is 6.07 Å². The summed E-state index contributed by atoms with van der Waals surface area (Å²) in [5, 5.41) is 3.87. The van der Waals surface area contributed by atoms with Gasteiger partial charge in [-0.25, -0.2) is 4.39 Å². The maximum atomic E-state index is 14.4. The first-order valence-electron chi connectivity index (χ1n) is 6.89. The Morgan fingerprint density at radius 2 is 1.90 bits per heavy atom. The quantitative estimate of drug-likeness (QED) is 0.695. The minimum atomic E-state index is -0.266. The van der Waals surface area contributed by atoms with Crippen LogP contribution in [-0.2, 0) is 0 Å². The lowest BCUT2D eigenvalue weighted by atomic mass is 9.93. The van der Waals surface area contributed by atoms with Crippen molar-refractivity contribution < 1.29 is 4.39 Å². The molecule has 0 saturated carbocycles. The van der Waals surface area contributed by atoms with Crippen molar-refractivity contribution in [2.75, 3.05) is 6.54 Å². The molecular formula is C17H18BrClFN.